The van der Waals surface area contributed by atoms with Gasteiger partial charge in [0.2, 0.25) is 5.91 Å². The summed E-state index contributed by atoms with van der Waals surface area (Å²) in [6.07, 6.45) is 0. The smallest absolute Gasteiger partial charge is 0.312 e. The molecule has 0 spiro atoms. The summed E-state index contributed by atoms with van der Waals surface area (Å²) in [6, 6.07) is 6.74. The molecule has 3 amide bonds. The SMILES string of the molecule is CN1CCN(CC(=O)Nc2cccc(N)c2)C(=O)C1=O. The van der Waals surface area contributed by atoms with Crippen LogP contribution < -0.4 is 11.1 Å². The number of rotatable bonds is 3. The molecule has 0 saturated carbocycles. The minimum atomic E-state index is -0.651. The number of likely N-dealkylation sites (N-methyl/N-ethyl adjacent to an activating group) is 1. The maximum Gasteiger partial charge on any atom is 0.312 e. The quantitative estimate of drug-likeness (QED) is 0.575. The lowest BCUT2D eigenvalue weighted by molar-refractivity contribution is -0.155. The molecule has 0 aliphatic carbocycles. The normalized spacial score (nSPS) is 15.4. The van der Waals surface area contributed by atoms with Crippen LogP contribution in [0.15, 0.2) is 24.3 Å². The predicted octanol–water partition coefficient (Wildman–Crippen LogP) is -0.492. The van der Waals surface area contributed by atoms with Crippen molar-refractivity contribution in [2.75, 3.05) is 37.7 Å². The lowest BCUT2D eigenvalue weighted by Gasteiger charge is -2.30. The summed E-state index contributed by atoms with van der Waals surface area (Å²) < 4.78 is 0. The van der Waals surface area contributed by atoms with Gasteiger partial charge in [0.05, 0.1) is 0 Å². The minimum Gasteiger partial charge on any atom is -0.399 e. The largest absolute Gasteiger partial charge is 0.399 e. The van der Waals surface area contributed by atoms with Crippen molar-refractivity contribution in [2.45, 2.75) is 0 Å². The number of hydrogen-bond donors (Lipinski definition) is 2. The van der Waals surface area contributed by atoms with Gasteiger partial charge in [0.15, 0.2) is 0 Å². The van der Waals surface area contributed by atoms with Crippen molar-refractivity contribution in [3.05, 3.63) is 24.3 Å². The number of amides is 3. The average Bonchev–Trinajstić information content (AvgIpc) is 2.39. The van der Waals surface area contributed by atoms with E-state index in [1.807, 2.05) is 0 Å². The van der Waals surface area contributed by atoms with Crippen LogP contribution in [0, 0.1) is 0 Å². The summed E-state index contributed by atoms with van der Waals surface area (Å²) in [7, 11) is 1.56. The van der Waals surface area contributed by atoms with Crippen molar-refractivity contribution in [2.24, 2.45) is 0 Å². The number of carbonyl (C=O) groups excluding carboxylic acids is 3. The summed E-state index contributed by atoms with van der Waals surface area (Å²) in [6.45, 7) is 0.634. The molecule has 3 N–H and O–H groups in total. The van der Waals surface area contributed by atoms with Gasteiger partial charge in [-0.1, -0.05) is 6.07 Å². The molecule has 1 saturated heterocycles. The van der Waals surface area contributed by atoms with E-state index in [0.29, 0.717) is 24.5 Å². The van der Waals surface area contributed by atoms with Crippen LogP contribution in [0.25, 0.3) is 0 Å². The zero-order valence-electron chi connectivity index (χ0n) is 11.1. The molecular weight excluding hydrogens is 260 g/mol. The number of nitrogen functional groups attached to an aromatic ring is 1. The monoisotopic (exact) mass is 276 g/mol. The second-order valence-electron chi connectivity index (χ2n) is 4.63. The van der Waals surface area contributed by atoms with Crippen LogP contribution >= 0.6 is 0 Å². The van der Waals surface area contributed by atoms with E-state index in [4.69, 9.17) is 5.73 Å². The molecule has 1 aromatic rings. The highest BCUT2D eigenvalue weighted by atomic mass is 16.2. The Balaban J connectivity index is 1.95. The number of nitrogens with zero attached hydrogens (tertiary/aromatic N) is 2. The first-order valence-electron chi connectivity index (χ1n) is 6.17. The maximum absolute atomic E-state index is 11.9. The Bertz CT molecular complexity index is 558. The Kier molecular flexibility index (Phi) is 3.88. The molecule has 2 rings (SSSR count). The minimum absolute atomic E-state index is 0.146. The van der Waals surface area contributed by atoms with Crippen LogP contribution in [-0.4, -0.2) is 54.2 Å². The summed E-state index contributed by atoms with van der Waals surface area (Å²) in [5.41, 5.74) is 6.70. The molecule has 7 nitrogen and oxygen atoms in total. The molecule has 1 aromatic carbocycles. The Morgan fingerprint density at radius 2 is 2.05 bits per heavy atom. The third-order valence-electron chi connectivity index (χ3n) is 3.03. The fourth-order valence-electron chi connectivity index (χ4n) is 1.91. The van der Waals surface area contributed by atoms with Crippen LogP contribution in [-0.2, 0) is 14.4 Å². The molecule has 0 atom stereocenters. The van der Waals surface area contributed by atoms with Gasteiger partial charge in [0, 0.05) is 31.5 Å². The first kappa shape index (κ1) is 13.9. The summed E-state index contributed by atoms with van der Waals surface area (Å²) in [4.78, 5) is 37.7. The number of anilines is 2. The third-order valence-corrected chi connectivity index (χ3v) is 3.03. The first-order chi connectivity index (χ1) is 9.47. The van der Waals surface area contributed by atoms with Crippen LogP contribution in [0.5, 0.6) is 0 Å². The molecule has 0 radical (unpaired) electrons. The van der Waals surface area contributed by atoms with Gasteiger partial charge in [-0.2, -0.15) is 0 Å². The van der Waals surface area contributed by atoms with E-state index in [9.17, 15) is 14.4 Å². The van der Waals surface area contributed by atoms with Crippen LogP contribution in [0.4, 0.5) is 11.4 Å². The molecule has 1 heterocycles. The van der Waals surface area contributed by atoms with Crippen molar-refractivity contribution in [3.8, 4) is 0 Å². The molecule has 106 valence electrons. The number of nitrogens with two attached hydrogens (primary N) is 1. The van der Waals surface area contributed by atoms with E-state index in [1.54, 1.807) is 31.3 Å². The highest BCUT2D eigenvalue weighted by molar-refractivity contribution is 6.35. The molecule has 1 fully saturated rings. The molecule has 20 heavy (non-hydrogen) atoms. The van der Waals surface area contributed by atoms with E-state index in [0.717, 1.165) is 0 Å². The van der Waals surface area contributed by atoms with Gasteiger partial charge < -0.3 is 20.9 Å². The Labute approximate surface area is 116 Å². The van der Waals surface area contributed by atoms with E-state index in [-0.39, 0.29) is 12.5 Å². The summed E-state index contributed by atoms with van der Waals surface area (Å²) in [5.74, 6) is -1.60. The highest BCUT2D eigenvalue weighted by Gasteiger charge is 2.31. The number of nitrogens with one attached hydrogen (secondary N) is 1. The van der Waals surface area contributed by atoms with Gasteiger partial charge in [-0.15, -0.1) is 0 Å². The maximum atomic E-state index is 11.9. The second-order valence-corrected chi connectivity index (χ2v) is 4.63. The third kappa shape index (κ3) is 3.05. The number of carbonyl (C=O) groups is 3. The Morgan fingerprint density at radius 3 is 2.75 bits per heavy atom. The van der Waals surface area contributed by atoms with Crippen molar-refractivity contribution >= 4 is 29.1 Å². The van der Waals surface area contributed by atoms with Crippen molar-refractivity contribution in [1.82, 2.24) is 9.80 Å². The van der Waals surface area contributed by atoms with E-state index in [1.165, 1.54) is 9.80 Å². The van der Waals surface area contributed by atoms with Crippen molar-refractivity contribution in [1.29, 1.82) is 0 Å². The van der Waals surface area contributed by atoms with Gasteiger partial charge in [-0.25, -0.2) is 0 Å². The summed E-state index contributed by atoms with van der Waals surface area (Å²) in [5, 5.41) is 2.64. The number of piperazine rings is 1. The fraction of sp³-hybridized carbons (Fsp3) is 0.308. The molecular formula is C13H16N4O3. The average molecular weight is 276 g/mol. The number of hydrogen-bond acceptors (Lipinski definition) is 4. The van der Waals surface area contributed by atoms with Crippen LogP contribution in [0.2, 0.25) is 0 Å². The van der Waals surface area contributed by atoms with Crippen molar-refractivity contribution in [3.63, 3.8) is 0 Å². The molecule has 1 aliphatic heterocycles. The van der Waals surface area contributed by atoms with Gasteiger partial charge >= 0.3 is 11.8 Å². The Hall–Kier alpha value is -2.57. The lowest BCUT2D eigenvalue weighted by Crippen LogP contribution is -2.54. The summed E-state index contributed by atoms with van der Waals surface area (Å²) >= 11 is 0. The Morgan fingerprint density at radius 1 is 1.30 bits per heavy atom. The van der Waals surface area contributed by atoms with Crippen LogP contribution in [0.3, 0.4) is 0 Å². The molecule has 0 bridgehead atoms. The van der Waals surface area contributed by atoms with Gasteiger partial charge in [-0.05, 0) is 18.2 Å². The molecule has 0 aromatic heterocycles. The highest BCUT2D eigenvalue weighted by Crippen LogP contribution is 2.12. The lowest BCUT2D eigenvalue weighted by atomic mass is 10.2. The second kappa shape index (κ2) is 5.60. The standard InChI is InChI=1S/C13H16N4O3/c1-16-5-6-17(13(20)12(16)19)8-11(18)15-10-4-2-3-9(14)7-10/h2-4,7H,5-6,8,14H2,1H3,(H,15,18). The number of benzene rings is 1. The van der Waals surface area contributed by atoms with Crippen LogP contribution in [0.1, 0.15) is 0 Å². The first-order valence-corrected chi connectivity index (χ1v) is 6.17. The van der Waals surface area contributed by atoms with Gasteiger partial charge in [-0.3, -0.25) is 14.4 Å². The van der Waals surface area contributed by atoms with Crippen molar-refractivity contribution < 1.29 is 14.4 Å². The molecule has 7 heteroatoms. The van der Waals surface area contributed by atoms with Gasteiger partial charge in [0.25, 0.3) is 0 Å². The van der Waals surface area contributed by atoms with E-state index < -0.39 is 11.8 Å². The topological polar surface area (TPSA) is 95.7 Å². The predicted molar refractivity (Wildman–Crippen MR) is 73.7 cm³/mol. The zero-order valence-corrected chi connectivity index (χ0v) is 11.1. The molecule has 1 aliphatic rings. The fourth-order valence-corrected chi connectivity index (χ4v) is 1.91. The van der Waals surface area contributed by atoms with E-state index in [2.05, 4.69) is 5.32 Å². The van der Waals surface area contributed by atoms with E-state index >= 15 is 0 Å². The van der Waals surface area contributed by atoms with Gasteiger partial charge in [0.1, 0.15) is 6.54 Å². The zero-order chi connectivity index (χ0) is 14.7. The molecule has 0 unspecified atom stereocenters.